The van der Waals surface area contributed by atoms with Crippen molar-refractivity contribution in [3.8, 4) is 0 Å². The lowest BCUT2D eigenvalue weighted by atomic mass is 10.1. The maximum atomic E-state index is 11.6. The molecule has 0 aliphatic carbocycles. The highest BCUT2D eigenvalue weighted by molar-refractivity contribution is 5.77. The SMILES string of the molecule is CCCCCCCCC[N+](C)(C)CN1CCCC1=O. The van der Waals surface area contributed by atoms with Gasteiger partial charge < -0.3 is 4.48 Å². The lowest BCUT2D eigenvalue weighted by molar-refractivity contribution is -0.899. The Morgan fingerprint density at radius 2 is 1.68 bits per heavy atom. The number of quaternary nitrogens is 1. The molecule has 1 amide bonds. The molecule has 0 atom stereocenters. The predicted molar refractivity (Wildman–Crippen MR) is 80.8 cm³/mol. The second-order valence-corrected chi connectivity index (χ2v) is 6.68. The van der Waals surface area contributed by atoms with E-state index in [1.807, 2.05) is 4.90 Å². The molecular weight excluding hydrogens is 236 g/mol. The largest absolute Gasteiger partial charge is 0.311 e. The van der Waals surface area contributed by atoms with Crippen LogP contribution in [0, 0.1) is 0 Å². The van der Waals surface area contributed by atoms with Gasteiger partial charge in [-0.3, -0.25) is 9.69 Å². The van der Waals surface area contributed by atoms with Crippen molar-refractivity contribution in [3.63, 3.8) is 0 Å². The predicted octanol–water partition coefficient (Wildman–Crippen LogP) is 3.39. The zero-order valence-corrected chi connectivity index (χ0v) is 13.3. The molecule has 0 saturated carbocycles. The van der Waals surface area contributed by atoms with Crippen LogP contribution in [0.25, 0.3) is 0 Å². The van der Waals surface area contributed by atoms with Crippen molar-refractivity contribution in [3.05, 3.63) is 0 Å². The summed E-state index contributed by atoms with van der Waals surface area (Å²) in [5.74, 6) is 0.353. The Morgan fingerprint density at radius 3 is 2.26 bits per heavy atom. The maximum Gasteiger partial charge on any atom is 0.226 e. The average Bonchev–Trinajstić information content (AvgIpc) is 2.73. The summed E-state index contributed by atoms with van der Waals surface area (Å²) in [5.41, 5.74) is 0. The molecule has 0 N–H and O–H groups in total. The van der Waals surface area contributed by atoms with E-state index < -0.39 is 0 Å². The monoisotopic (exact) mass is 269 g/mol. The summed E-state index contributed by atoms with van der Waals surface area (Å²) < 4.78 is 0.959. The third kappa shape index (κ3) is 6.95. The number of likely N-dealkylation sites (tertiary alicyclic amines) is 1. The van der Waals surface area contributed by atoms with Crippen LogP contribution in [0.4, 0.5) is 0 Å². The second kappa shape index (κ2) is 8.57. The molecule has 0 aromatic carbocycles. The van der Waals surface area contributed by atoms with Crippen molar-refractivity contribution in [2.45, 2.75) is 64.7 Å². The van der Waals surface area contributed by atoms with Crippen LogP contribution in [-0.2, 0) is 4.79 Å². The first-order valence-electron chi connectivity index (χ1n) is 8.15. The fourth-order valence-corrected chi connectivity index (χ4v) is 2.88. The molecule has 1 fully saturated rings. The van der Waals surface area contributed by atoms with E-state index in [2.05, 4.69) is 21.0 Å². The van der Waals surface area contributed by atoms with Gasteiger partial charge in [-0.05, 0) is 19.3 Å². The summed E-state index contributed by atoms with van der Waals surface area (Å²) in [7, 11) is 4.51. The molecule has 112 valence electrons. The zero-order valence-electron chi connectivity index (χ0n) is 13.3. The van der Waals surface area contributed by atoms with Crippen molar-refractivity contribution in [1.29, 1.82) is 0 Å². The summed E-state index contributed by atoms with van der Waals surface area (Å²) in [4.78, 5) is 13.7. The molecule has 1 saturated heterocycles. The molecule has 0 unspecified atom stereocenters. The Morgan fingerprint density at radius 1 is 1.05 bits per heavy atom. The summed E-state index contributed by atoms with van der Waals surface area (Å²) >= 11 is 0. The van der Waals surface area contributed by atoms with Gasteiger partial charge in [0, 0.05) is 13.0 Å². The van der Waals surface area contributed by atoms with E-state index in [0.717, 1.165) is 30.5 Å². The van der Waals surface area contributed by atoms with E-state index >= 15 is 0 Å². The molecule has 3 nitrogen and oxygen atoms in total. The molecule has 0 radical (unpaired) electrons. The molecule has 0 aromatic heterocycles. The Bertz CT molecular complexity index is 263. The van der Waals surface area contributed by atoms with Crippen molar-refractivity contribution in [2.75, 3.05) is 33.9 Å². The third-order valence-corrected chi connectivity index (χ3v) is 4.09. The minimum absolute atomic E-state index is 0.353. The lowest BCUT2D eigenvalue weighted by Crippen LogP contribution is -2.49. The number of amides is 1. The van der Waals surface area contributed by atoms with Crippen LogP contribution in [0.3, 0.4) is 0 Å². The quantitative estimate of drug-likeness (QED) is 0.440. The number of hydrogen-bond acceptors (Lipinski definition) is 1. The highest BCUT2D eigenvalue weighted by atomic mass is 16.2. The second-order valence-electron chi connectivity index (χ2n) is 6.68. The summed E-state index contributed by atoms with van der Waals surface area (Å²) in [6.45, 7) is 5.32. The molecule has 1 rings (SSSR count). The number of rotatable bonds is 10. The molecule has 3 heteroatoms. The van der Waals surface area contributed by atoms with Crippen molar-refractivity contribution in [1.82, 2.24) is 4.90 Å². The smallest absolute Gasteiger partial charge is 0.226 e. The van der Waals surface area contributed by atoms with Gasteiger partial charge in [0.15, 0.2) is 6.67 Å². The molecule has 1 heterocycles. The number of unbranched alkanes of at least 4 members (excludes halogenated alkanes) is 6. The third-order valence-electron chi connectivity index (χ3n) is 4.09. The average molecular weight is 269 g/mol. The minimum Gasteiger partial charge on any atom is -0.311 e. The molecular formula is C16H33N2O+. The van der Waals surface area contributed by atoms with Crippen LogP contribution in [0.5, 0.6) is 0 Å². The standard InChI is InChI=1S/C16H33N2O/c1-4-5-6-7-8-9-10-14-18(2,3)15-17-13-11-12-16(17)19/h4-15H2,1-3H3/q+1. The Balaban J connectivity index is 2.07. The first kappa shape index (κ1) is 16.5. The number of hydrogen-bond donors (Lipinski definition) is 0. The van der Waals surface area contributed by atoms with Crippen molar-refractivity contribution < 1.29 is 9.28 Å². The fourth-order valence-electron chi connectivity index (χ4n) is 2.88. The van der Waals surface area contributed by atoms with Gasteiger partial charge in [-0.15, -0.1) is 0 Å². The van der Waals surface area contributed by atoms with Gasteiger partial charge in [0.2, 0.25) is 5.91 Å². The minimum atomic E-state index is 0.353. The summed E-state index contributed by atoms with van der Waals surface area (Å²) in [6, 6.07) is 0. The van der Waals surface area contributed by atoms with Crippen molar-refractivity contribution in [2.24, 2.45) is 0 Å². The van der Waals surface area contributed by atoms with E-state index in [1.165, 1.54) is 51.5 Å². The highest BCUT2D eigenvalue weighted by Gasteiger charge is 2.26. The van der Waals surface area contributed by atoms with E-state index in [-0.39, 0.29) is 0 Å². The van der Waals surface area contributed by atoms with Gasteiger partial charge in [0.05, 0.1) is 20.6 Å². The number of carbonyl (C=O) groups is 1. The van der Waals surface area contributed by atoms with Crippen LogP contribution in [-0.4, -0.2) is 49.1 Å². The van der Waals surface area contributed by atoms with E-state index in [9.17, 15) is 4.79 Å². The molecule has 0 spiro atoms. The van der Waals surface area contributed by atoms with Crippen LogP contribution in [0.2, 0.25) is 0 Å². The molecule has 1 aliphatic rings. The highest BCUT2D eigenvalue weighted by Crippen LogP contribution is 2.14. The van der Waals surface area contributed by atoms with Crippen LogP contribution < -0.4 is 0 Å². The van der Waals surface area contributed by atoms with E-state index in [4.69, 9.17) is 0 Å². The van der Waals surface area contributed by atoms with Gasteiger partial charge in [-0.1, -0.05) is 39.0 Å². The van der Waals surface area contributed by atoms with E-state index in [1.54, 1.807) is 0 Å². The molecule has 0 aromatic rings. The normalized spacial score (nSPS) is 16.4. The topological polar surface area (TPSA) is 20.3 Å². The zero-order chi connectivity index (χ0) is 14.1. The van der Waals surface area contributed by atoms with Gasteiger partial charge in [-0.25, -0.2) is 0 Å². The summed E-state index contributed by atoms with van der Waals surface area (Å²) in [6.07, 6.45) is 11.3. The fraction of sp³-hybridized carbons (Fsp3) is 0.938. The lowest BCUT2D eigenvalue weighted by Gasteiger charge is -2.33. The first-order valence-corrected chi connectivity index (χ1v) is 8.15. The van der Waals surface area contributed by atoms with Gasteiger partial charge in [0.1, 0.15) is 0 Å². The summed E-state index contributed by atoms with van der Waals surface area (Å²) in [5, 5.41) is 0. The maximum absolute atomic E-state index is 11.6. The van der Waals surface area contributed by atoms with Gasteiger partial charge in [0.25, 0.3) is 0 Å². The van der Waals surface area contributed by atoms with Crippen molar-refractivity contribution >= 4 is 5.91 Å². The first-order chi connectivity index (χ1) is 9.05. The Kier molecular flexibility index (Phi) is 7.44. The van der Waals surface area contributed by atoms with Crippen LogP contribution >= 0.6 is 0 Å². The Labute approximate surface area is 119 Å². The number of carbonyl (C=O) groups excluding carboxylic acids is 1. The Hall–Kier alpha value is -0.570. The van der Waals surface area contributed by atoms with Crippen LogP contribution in [0.15, 0.2) is 0 Å². The van der Waals surface area contributed by atoms with E-state index in [0.29, 0.717) is 5.91 Å². The number of nitrogens with zero attached hydrogens (tertiary/aromatic N) is 2. The van der Waals surface area contributed by atoms with Gasteiger partial charge >= 0.3 is 0 Å². The molecule has 19 heavy (non-hydrogen) atoms. The molecule has 1 aliphatic heterocycles. The molecule has 0 bridgehead atoms. The van der Waals surface area contributed by atoms with Gasteiger partial charge in [-0.2, -0.15) is 0 Å². The van der Waals surface area contributed by atoms with Crippen LogP contribution in [0.1, 0.15) is 64.7 Å².